The third kappa shape index (κ3) is 2.31. The van der Waals surface area contributed by atoms with Crippen LogP contribution < -0.4 is 0 Å². The summed E-state index contributed by atoms with van der Waals surface area (Å²) in [5.41, 5.74) is 0.126. The van der Waals surface area contributed by atoms with Crippen LogP contribution in [0.2, 0.25) is 0 Å². The summed E-state index contributed by atoms with van der Waals surface area (Å²) in [4.78, 5) is 0. The van der Waals surface area contributed by atoms with Crippen molar-refractivity contribution in [3.8, 4) is 0 Å². The van der Waals surface area contributed by atoms with Crippen LogP contribution in [-0.4, -0.2) is 0 Å². The van der Waals surface area contributed by atoms with E-state index in [4.69, 9.17) is 0 Å². The van der Waals surface area contributed by atoms with Gasteiger partial charge in [0.2, 0.25) is 0 Å². The van der Waals surface area contributed by atoms with Gasteiger partial charge in [0, 0.05) is 11.5 Å². The molecule has 1 atom stereocenters. The lowest BCUT2D eigenvalue weighted by atomic mass is 9.92. The lowest BCUT2D eigenvalue weighted by Gasteiger charge is -2.23. The van der Waals surface area contributed by atoms with Gasteiger partial charge >= 0.3 is 0 Å². The highest BCUT2D eigenvalue weighted by Crippen LogP contribution is 2.37. The summed E-state index contributed by atoms with van der Waals surface area (Å²) in [7, 11) is 0. The van der Waals surface area contributed by atoms with Gasteiger partial charge in [0.15, 0.2) is 0 Å². The molecule has 1 unspecified atom stereocenters. The second-order valence-electron chi connectivity index (χ2n) is 3.68. The van der Waals surface area contributed by atoms with Crippen molar-refractivity contribution in [1.29, 1.82) is 0 Å². The van der Waals surface area contributed by atoms with E-state index in [1.807, 2.05) is 6.92 Å². The van der Waals surface area contributed by atoms with Gasteiger partial charge in [-0.05, 0) is 6.42 Å². The van der Waals surface area contributed by atoms with E-state index in [1.165, 1.54) is 12.1 Å². The van der Waals surface area contributed by atoms with Gasteiger partial charge in [0.25, 0.3) is 5.92 Å². The highest BCUT2D eigenvalue weighted by Gasteiger charge is 2.37. The third-order valence-electron chi connectivity index (χ3n) is 2.50. The molecule has 0 aromatic heterocycles. The molecule has 0 heterocycles. The smallest absolute Gasteiger partial charge is 0.201 e. The van der Waals surface area contributed by atoms with Crippen LogP contribution >= 0.6 is 0 Å². The van der Waals surface area contributed by atoms with E-state index >= 15 is 0 Å². The Bertz CT molecular complexity index is 267. The molecule has 0 radical (unpaired) electrons. The van der Waals surface area contributed by atoms with Crippen molar-refractivity contribution in [1.82, 2.24) is 0 Å². The second kappa shape index (κ2) is 4.54. The molecule has 0 aliphatic rings. The minimum atomic E-state index is -2.70. The molecule has 0 bridgehead atoms. The topological polar surface area (TPSA) is 0 Å². The molecule has 0 aliphatic heterocycles. The first kappa shape index (κ1) is 11.2. The third-order valence-corrected chi connectivity index (χ3v) is 2.50. The minimum Gasteiger partial charge on any atom is -0.201 e. The molecular weight excluding hydrogens is 182 g/mol. The van der Waals surface area contributed by atoms with Crippen LogP contribution in [0.25, 0.3) is 0 Å². The molecule has 0 spiro atoms. The van der Waals surface area contributed by atoms with E-state index in [9.17, 15) is 8.78 Å². The predicted molar refractivity (Wildman–Crippen MR) is 54.4 cm³/mol. The molecule has 2 heteroatoms. The number of benzene rings is 1. The van der Waals surface area contributed by atoms with Crippen molar-refractivity contribution in [2.75, 3.05) is 0 Å². The first-order valence-corrected chi connectivity index (χ1v) is 5.02. The summed E-state index contributed by atoms with van der Waals surface area (Å²) < 4.78 is 27.5. The molecule has 1 aromatic rings. The predicted octanol–water partition coefficient (Wildman–Crippen LogP) is 4.21. The molecule has 0 nitrogen and oxygen atoms in total. The first-order chi connectivity index (χ1) is 6.59. The zero-order valence-corrected chi connectivity index (χ0v) is 8.63. The second-order valence-corrected chi connectivity index (χ2v) is 3.68. The van der Waals surface area contributed by atoms with E-state index in [-0.39, 0.29) is 5.56 Å². The summed E-state index contributed by atoms with van der Waals surface area (Å²) in [5, 5.41) is 0. The van der Waals surface area contributed by atoms with Gasteiger partial charge in [0.1, 0.15) is 0 Å². The molecule has 0 saturated carbocycles. The summed E-state index contributed by atoms with van der Waals surface area (Å²) in [5.74, 6) is -3.29. The normalized spacial score (nSPS) is 14.0. The number of rotatable bonds is 4. The molecule has 0 amide bonds. The van der Waals surface area contributed by atoms with Crippen molar-refractivity contribution in [2.45, 2.75) is 32.6 Å². The van der Waals surface area contributed by atoms with Gasteiger partial charge in [-0.15, -0.1) is 0 Å². The van der Waals surface area contributed by atoms with Crippen LogP contribution in [-0.2, 0) is 5.92 Å². The molecule has 1 rings (SSSR count). The van der Waals surface area contributed by atoms with Gasteiger partial charge in [-0.25, -0.2) is 8.78 Å². The Morgan fingerprint density at radius 1 is 1.21 bits per heavy atom. The van der Waals surface area contributed by atoms with Crippen molar-refractivity contribution >= 4 is 0 Å². The van der Waals surface area contributed by atoms with Crippen LogP contribution in [0.5, 0.6) is 0 Å². The summed E-state index contributed by atoms with van der Waals surface area (Å²) in [6.07, 6.45) is 1.35. The maximum atomic E-state index is 13.7. The van der Waals surface area contributed by atoms with E-state index in [1.54, 1.807) is 25.1 Å². The number of hydrogen-bond donors (Lipinski definition) is 0. The van der Waals surface area contributed by atoms with Gasteiger partial charge < -0.3 is 0 Å². The number of halogens is 2. The van der Waals surface area contributed by atoms with Crippen LogP contribution in [0, 0.1) is 5.92 Å². The monoisotopic (exact) mass is 198 g/mol. The molecule has 0 aliphatic carbocycles. The Hall–Kier alpha value is -0.920. The van der Waals surface area contributed by atoms with Gasteiger partial charge in [-0.3, -0.25) is 0 Å². The average Bonchev–Trinajstić information content (AvgIpc) is 2.19. The van der Waals surface area contributed by atoms with Crippen LogP contribution in [0.4, 0.5) is 8.78 Å². The average molecular weight is 198 g/mol. The van der Waals surface area contributed by atoms with Gasteiger partial charge in [0.05, 0.1) is 0 Å². The molecule has 0 N–H and O–H groups in total. The molecule has 78 valence electrons. The highest BCUT2D eigenvalue weighted by molar-refractivity contribution is 5.20. The lowest BCUT2D eigenvalue weighted by molar-refractivity contribution is -0.0613. The molecule has 0 fully saturated rings. The summed E-state index contributed by atoms with van der Waals surface area (Å²) >= 11 is 0. The fourth-order valence-corrected chi connectivity index (χ4v) is 1.56. The van der Waals surface area contributed by atoms with Crippen LogP contribution in [0.3, 0.4) is 0 Å². The standard InChI is InChI=1S/C12H16F2/c1-3-7-10(2)12(13,14)11-8-5-4-6-9-11/h4-6,8-10H,3,7H2,1-2H3. The van der Waals surface area contributed by atoms with E-state index in [2.05, 4.69) is 0 Å². The fraction of sp³-hybridized carbons (Fsp3) is 0.500. The Kier molecular flexibility index (Phi) is 3.62. The van der Waals surface area contributed by atoms with Crippen LogP contribution in [0.15, 0.2) is 30.3 Å². The van der Waals surface area contributed by atoms with Crippen molar-refractivity contribution in [3.63, 3.8) is 0 Å². The van der Waals surface area contributed by atoms with E-state index < -0.39 is 11.8 Å². The summed E-state index contributed by atoms with van der Waals surface area (Å²) in [6.45, 7) is 3.54. The number of alkyl halides is 2. The molecule has 0 saturated heterocycles. The van der Waals surface area contributed by atoms with Crippen molar-refractivity contribution in [3.05, 3.63) is 35.9 Å². The van der Waals surface area contributed by atoms with Crippen LogP contribution in [0.1, 0.15) is 32.3 Å². The maximum Gasteiger partial charge on any atom is 0.275 e. The zero-order chi connectivity index (χ0) is 10.6. The SMILES string of the molecule is CCCC(C)C(F)(F)c1ccccc1. The molecular formula is C12H16F2. The minimum absolute atomic E-state index is 0.126. The maximum absolute atomic E-state index is 13.7. The van der Waals surface area contributed by atoms with Gasteiger partial charge in [-0.2, -0.15) is 0 Å². The highest BCUT2D eigenvalue weighted by atomic mass is 19.3. The zero-order valence-electron chi connectivity index (χ0n) is 8.63. The first-order valence-electron chi connectivity index (χ1n) is 5.02. The van der Waals surface area contributed by atoms with E-state index in [0.717, 1.165) is 6.42 Å². The molecule has 1 aromatic carbocycles. The largest absolute Gasteiger partial charge is 0.275 e. The number of hydrogen-bond acceptors (Lipinski definition) is 0. The lowest BCUT2D eigenvalue weighted by Crippen LogP contribution is -2.23. The quantitative estimate of drug-likeness (QED) is 0.679. The van der Waals surface area contributed by atoms with Gasteiger partial charge in [-0.1, -0.05) is 50.6 Å². The Morgan fingerprint density at radius 2 is 1.79 bits per heavy atom. The summed E-state index contributed by atoms with van der Waals surface area (Å²) in [6, 6.07) is 8.05. The molecule has 14 heavy (non-hydrogen) atoms. The Morgan fingerprint density at radius 3 is 2.29 bits per heavy atom. The fourth-order valence-electron chi connectivity index (χ4n) is 1.56. The Labute approximate surface area is 84.0 Å². The Balaban J connectivity index is 2.84. The van der Waals surface area contributed by atoms with E-state index in [0.29, 0.717) is 6.42 Å². The van der Waals surface area contributed by atoms with Crippen molar-refractivity contribution < 1.29 is 8.78 Å². The van der Waals surface area contributed by atoms with Crippen molar-refractivity contribution in [2.24, 2.45) is 5.92 Å².